The van der Waals surface area contributed by atoms with Gasteiger partial charge >= 0.3 is 6.03 Å². The molecule has 2 heterocycles. The zero-order chi connectivity index (χ0) is 16.7. The molecule has 0 aliphatic carbocycles. The van der Waals surface area contributed by atoms with E-state index in [0.717, 1.165) is 6.42 Å². The zero-order valence-corrected chi connectivity index (χ0v) is 12.9. The average Bonchev–Trinajstić information content (AvgIpc) is 3.18. The van der Waals surface area contributed by atoms with E-state index in [1.807, 2.05) is 5.01 Å². The van der Waals surface area contributed by atoms with Crippen LogP contribution in [0.25, 0.3) is 0 Å². The number of hydrogen-bond donors (Lipinski definition) is 0. The molecule has 0 saturated carbocycles. The van der Waals surface area contributed by atoms with Gasteiger partial charge in [-0.1, -0.05) is 18.2 Å². The Morgan fingerprint density at radius 2 is 1.83 bits per heavy atom. The van der Waals surface area contributed by atoms with Gasteiger partial charge in [-0.3, -0.25) is 9.91 Å². The standard InChI is InChI=1S/C18H15FN4O/c19-16-5-2-1-4-15(16)17-21-10-3-11-22(21)18(24)23(17)14-8-6-13(12-20)7-9-14/h1-2,4-9,17H,3,10-11H2. The summed E-state index contributed by atoms with van der Waals surface area (Å²) in [5.74, 6) is -0.331. The third kappa shape index (κ3) is 2.14. The quantitative estimate of drug-likeness (QED) is 0.853. The molecular formula is C18H15FN4O. The summed E-state index contributed by atoms with van der Waals surface area (Å²) in [5.41, 5.74) is 1.65. The number of nitriles is 1. The van der Waals surface area contributed by atoms with Crippen molar-refractivity contribution in [1.29, 1.82) is 5.26 Å². The van der Waals surface area contributed by atoms with Crippen molar-refractivity contribution >= 4 is 11.7 Å². The maximum Gasteiger partial charge on any atom is 0.340 e. The van der Waals surface area contributed by atoms with Crippen LogP contribution in [0.4, 0.5) is 14.9 Å². The monoisotopic (exact) mass is 322 g/mol. The van der Waals surface area contributed by atoms with Gasteiger partial charge in [0.25, 0.3) is 0 Å². The van der Waals surface area contributed by atoms with Gasteiger partial charge in [0, 0.05) is 24.3 Å². The number of hydrazine groups is 1. The molecule has 2 aliphatic rings. The molecule has 24 heavy (non-hydrogen) atoms. The van der Waals surface area contributed by atoms with Crippen LogP contribution < -0.4 is 4.90 Å². The van der Waals surface area contributed by atoms with E-state index in [2.05, 4.69) is 6.07 Å². The van der Waals surface area contributed by atoms with Crippen LogP contribution >= 0.6 is 0 Å². The van der Waals surface area contributed by atoms with Crippen molar-refractivity contribution in [1.82, 2.24) is 10.0 Å². The van der Waals surface area contributed by atoms with Crippen molar-refractivity contribution in [3.8, 4) is 6.07 Å². The molecule has 2 aromatic rings. The molecule has 120 valence electrons. The lowest BCUT2D eigenvalue weighted by Crippen LogP contribution is -2.32. The molecule has 2 aliphatic heterocycles. The van der Waals surface area contributed by atoms with Gasteiger partial charge in [0.05, 0.1) is 11.6 Å². The van der Waals surface area contributed by atoms with Crippen molar-refractivity contribution in [2.45, 2.75) is 12.6 Å². The molecule has 6 heteroatoms. The summed E-state index contributed by atoms with van der Waals surface area (Å²) in [6, 6.07) is 15.2. The molecule has 2 saturated heterocycles. The average molecular weight is 322 g/mol. The molecule has 0 bridgehead atoms. The van der Waals surface area contributed by atoms with Crippen LogP contribution in [0.3, 0.4) is 0 Å². The fraction of sp³-hybridized carbons (Fsp3) is 0.222. The zero-order valence-electron chi connectivity index (χ0n) is 12.9. The Balaban J connectivity index is 1.82. The van der Waals surface area contributed by atoms with Gasteiger partial charge in [-0.25, -0.2) is 9.18 Å². The van der Waals surface area contributed by atoms with Crippen molar-refractivity contribution in [2.75, 3.05) is 18.0 Å². The van der Waals surface area contributed by atoms with E-state index in [4.69, 9.17) is 5.26 Å². The number of fused-ring (bicyclic) bond motifs is 1. The Morgan fingerprint density at radius 3 is 2.54 bits per heavy atom. The summed E-state index contributed by atoms with van der Waals surface area (Å²) in [6.07, 6.45) is 0.367. The van der Waals surface area contributed by atoms with Gasteiger partial charge in [0.1, 0.15) is 12.0 Å². The SMILES string of the molecule is N#Cc1ccc(N2C(=O)N3CCCN3C2c2ccccc2F)cc1. The number of nitrogens with zero attached hydrogens (tertiary/aromatic N) is 4. The maximum absolute atomic E-state index is 14.4. The van der Waals surface area contributed by atoms with Crippen LogP contribution in [0, 0.1) is 17.1 Å². The predicted molar refractivity (Wildman–Crippen MR) is 86.2 cm³/mol. The van der Waals surface area contributed by atoms with E-state index in [1.165, 1.54) is 6.07 Å². The molecule has 2 fully saturated rings. The Kier molecular flexibility index (Phi) is 3.44. The molecular weight excluding hydrogens is 307 g/mol. The number of hydrogen-bond acceptors (Lipinski definition) is 3. The number of carbonyl (C=O) groups excluding carboxylic acids is 1. The van der Waals surface area contributed by atoms with Crippen molar-refractivity contribution in [3.63, 3.8) is 0 Å². The summed E-state index contributed by atoms with van der Waals surface area (Å²) in [5, 5.41) is 12.5. The highest BCUT2D eigenvalue weighted by Crippen LogP contribution is 2.41. The first-order chi connectivity index (χ1) is 11.7. The lowest BCUT2D eigenvalue weighted by molar-refractivity contribution is 0.0714. The van der Waals surface area contributed by atoms with Gasteiger partial charge in [-0.15, -0.1) is 0 Å². The van der Waals surface area contributed by atoms with Crippen molar-refractivity contribution < 1.29 is 9.18 Å². The second-order valence-electron chi connectivity index (χ2n) is 5.85. The largest absolute Gasteiger partial charge is 0.340 e. The first-order valence-electron chi connectivity index (χ1n) is 7.82. The number of benzene rings is 2. The van der Waals surface area contributed by atoms with Crippen LogP contribution in [-0.2, 0) is 0 Å². The van der Waals surface area contributed by atoms with Gasteiger partial charge < -0.3 is 0 Å². The topological polar surface area (TPSA) is 50.6 Å². The van der Waals surface area contributed by atoms with Gasteiger partial charge in [0.2, 0.25) is 0 Å². The molecule has 4 rings (SSSR count). The van der Waals surface area contributed by atoms with Gasteiger partial charge in [-0.05, 0) is 36.8 Å². The van der Waals surface area contributed by atoms with E-state index in [-0.39, 0.29) is 11.8 Å². The summed E-state index contributed by atoms with van der Waals surface area (Å²) in [6.45, 7) is 1.34. The summed E-state index contributed by atoms with van der Waals surface area (Å²) >= 11 is 0. The molecule has 1 atom stereocenters. The highest BCUT2D eigenvalue weighted by atomic mass is 19.1. The summed E-state index contributed by atoms with van der Waals surface area (Å²) in [4.78, 5) is 14.5. The fourth-order valence-electron chi connectivity index (χ4n) is 3.39. The van der Waals surface area contributed by atoms with Crippen molar-refractivity contribution in [3.05, 3.63) is 65.5 Å². The second-order valence-corrected chi connectivity index (χ2v) is 5.85. The number of anilines is 1. The second kappa shape index (κ2) is 5.62. The van der Waals surface area contributed by atoms with Crippen LogP contribution in [0.5, 0.6) is 0 Å². The van der Waals surface area contributed by atoms with Crippen LogP contribution in [0.2, 0.25) is 0 Å². The Hall–Kier alpha value is -2.91. The Labute approximate surface area is 139 Å². The minimum Gasteiger partial charge on any atom is -0.271 e. The minimum atomic E-state index is -0.505. The van der Waals surface area contributed by atoms with Gasteiger partial charge in [-0.2, -0.15) is 10.3 Å². The number of urea groups is 1. The lowest BCUT2D eigenvalue weighted by Gasteiger charge is -2.28. The van der Waals surface area contributed by atoms with E-state index in [0.29, 0.717) is 29.9 Å². The first kappa shape index (κ1) is 14.7. The molecule has 0 radical (unpaired) electrons. The highest BCUT2D eigenvalue weighted by molar-refractivity contribution is 5.94. The van der Waals surface area contributed by atoms with Crippen LogP contribution in [0.1, 0.15) is 23.7 Å². The molecule has 2 amide bonds. The Bertz CT molecular complexity index is 830. The molecule has 0 N–H and O–H groups in total. The smallest absolute Gasteiger partial charge is 0.271 e. The number of carbonyl (C=O) groups is 1. The van der Waals surface area contributed by atoms with Gasteiger partial charge in [0.15, 0.2) is 0 Å². The highest BCUT2D eigenvalue weighted by Gasteiger charge is 2.48. The summed E-state index contributed by atoms with van der Waals surface area (Å²) < 4.78 is 14.4. The van der Waals surface area contributed by atoms with Crippen molar-refractivity contribution in [2.24, 2.45) is 0 Å². The van der Waals surface area contributed by atoms with E-state index < -0.39 is 6.17 Å². The third-order valence-corrected chi connectivity index (χ3v) is 4.48. The normalized spacial score (nSPS) is 20.3. The molecule has 0 aromatic heterocycles. The first-order valence-corrected chi connectivity index (χ1v) is 7.82. The minimum absolute atomic E-state index is 0.162. The molecule has 0 spiro atoms. The number of rotatable bonds is 2. The van der Waals surface area contributed by atoms with E-state index in [1.54, 1.807) is 52.4 Å². The number of halogens is 1. The predicted octanol–water partition coefficient (Wildman–Crippen LogP) is 3.26. The Morgan fingerprint density at radius 1 is 1.08 bits per heavy atom. The third-order valence-electron chi connectivity index (χ3n) is 4.48. The molecule has 1 unspecified atom stereocenters. The molecule has 2 aromatic carbocycles. The fourth-order valence-corrected chi connectivity index (χ4v) is 3.39. The number of amides is 2. The maximum atomic E-state index is 14.4. The molecule has 5 nitrogen and oxygen atoms in total. The van der Waals surface area contributed by atoms with E-state index in [9.17, 15) is 9.18 Å². The van der Waals surface area contributed by atoms with E-state index >= 15 is 0 Å². The van der Waals surface area contributed by atoms with Crippen LogP contribution in [0.15, 0.2) is 48.5 Å². The summed E-state index contributed by atoms with van der Waals surface area (Å²) in [7, 11) is 0. The van der Waals surface area contributed by atoms with Crippen LogP contribution in [-0.4, -0.2) is 29.1 Å². The lowest BCUT2D eigenvalue weighted by atomic mass is 10.1.